The molecule has 4 rings (SSSR count). The second-order valence-corrected chi connectivity index (χ2v) is 7.55. The first-order valence-corrected chi connectivity index (χ1v) is 10.3. The van der Waals surface area contributed by atoms with Crippen molar-refractivity contribution in [1.29, 1.82) is 0 Å². The van der Waals surface area contributed by atoms with Crippen molar-refractivity contribution in [3.63, 3.8) is 0 Å². The molecule has 29 heavy (non-hydrogen) atoms. The number of ether oxygens (including phenoxy) is 1. The van der Waals surface area contributed by atoms with Crippen LogP contribution in [0.5, 0.6) is 5.75 Å². The summed E-state index contributed by atoms with van der Waals surface area (Å²) in [4.78, 5) is 17.6. The van der Waals surface area contributed by atoms with Crippen LogP contribution in [0.2, 0.25) is 0 Å². The average Bonchev–Trinajstić information content (AvgIpc) is 3.03. The monoisotopic (exact) mass is 389 g/mol. The van der Waals surface area contributed by atoms with Crippen molar-refractivity contribution >= 4 is 28.2 Å². The fourth-order valence-corrected chi connectivity index (χ4v) is 4.04. The van der Waals surface area contributed by atoms with Gasteiger partial charge in [-0.2, -0.15) is 0 Å². The van der Waals surface area contributed by atoms with Crippen LogP contribution in [0.4, 0.5) is 11.5 Å². The van der Waals surface area contributed by atoms with Crippen molar-refractivity contribution in [2.75, 3.05) is 12.4 Å². The standard InChI is InChI=1S/C24H27N3O2/c1-29-22-15-9-8-14-21(22)27-23-19-13-7-6-12-18(19)20(16-25-23)24(28)26-17-10-4-2-3-5-11-17/h6-9,12-17H,2-5,10-11H2,1H3,(H,25,27)(H,26,28). The van der Waals surface area contributed by atoms with Crippen LogP contribution in [0, 0.1) is 0 Å². The highest BCUT2D eigenvalue weighted by atomic mass is 16.5. The van der Waals surface area contributed by atoms with Gasteiger partial charge in [-0.25, -0.2) is 4.98 Å². The Morgan fingerprint density at radius 2 is 1.66 bits per heavy atom. The Bertz CT molecular complexity index is 994. The number of carbonyl (C=O) groups is 1. The smallest absolute Gasteiger partial charge is 0.253 e. The molecule has 1 amide bonds. The fraction of sp³-hybridized carbons (Fsp3) is 0.333. The maximum absolute atomic E-state index is 13.0. The van der Waals surface area contributed by atoms with Crippen LogP contribution >= 0.6 is 0 Å². The largest absolute Gasteiger partial charge is 0.495 e. The summed E-state index contributed by atoms with van der Waals surface area (Å²) in [6.45, 7) is 0. The third-order valence-electron chi connectivity index (χ3n) is 5.59. The molecule has 0 spiro atoms. The molecule has 1 aliphatic rings. The van der Waals surface area contributed by atoms with Gasteiger partial charge in [-0.3, -0.25) is 4.79 Å². The number of fused-ring (bicyclic) bond motifs is 1. The topological polar surface area (TPSA) is 63.2 Å². The van der Waals surface area contributed by atoms with Gasteiger partial charge in [0.2, 0.25) is 0 Å². The van der Waals surface area contributed by atoms with E-state index in [1.165, 1.54) is 25.7 Å². The van der Waals surface area contributed by atoms with Crippen molar-refractivity contribution < 1.29 is 9.53 Å². The second kappa shape index (κ2) is 8.95. The number of carbonyl (C=O) groups excluding carboxylic acids is 1. The van der Waals surface area contributed by atoms with E-state index in [-0.39, 0.29) is 11.9 Å². The summed E-state index contributed by atoms with van der Waals surface area (Å²) in [5.74, 6) is 1.41. The average molecular weight is 389 g/mol. The minimum atomic E-state index is -0.0376. The lowest BCUT2D eigenvalue weighted by Gasteiger charge is -2.18. The molecule has 2 N–H and O–H groups in total. The van der Waals surface area contributed by atoms with Crippen molar-refractivity contribution in [2.45, 2.75) is 44.6 Å². The molecular formula is C24H27N3O2. The molecule has 0 saturated heterocycles. The predicted molar refractivity (Wildman–Crippen MR) is 117 cm³/mol. The normalized spacial score (nSPS) is 14.9. The van der Waals surface area contributed by atoms with Gasteiger partial charge in [0.1, 0.15) is 11.6 Å². The molecule has 5 heteroatoms. The molecule has 2 aromatic carbocycles. The fourth-order valence-electron chi connectivity index (χ4n) is 4.04. The van der Waals surface area contributed by atoms with Crippen LogP contribution in [-0.2, 0) is 0 Å². The zero-order chi connectivity index (χ0) is 20.1. The summed E-state index contributed by atoms with van der Waals surface area (Å²) in [5, 5.41) is 8.39. The van der Waals surface area contributed by atoms with E-state index in [1.54, 1.807) is 13.3 Å². The van der Waals surface area contributed by atoms with E-state index >= 15 is 0 Å². The van der Waals surface area contributed by atoms with Gasteiger partial charge >= 0.3 is 0 Å². The molecule has 0 aliphatic heterocycles. The number of rotatable bonds is 5. The third-order valence-corrected chi connectivity index (χ3v) is 5.59. The molecule has 3 aromatic rings. The van der Waals surface area contributed by atoms with Gasteiger partial charge in [0.15, 0.2) is 0 Å². The Labute approximate surface area is 171 Å². The highest BCUT2D eigenvalue weighted by molar-refractivity contribution is 6.09. The molecule has 1 heterocycles. The van der Waals surface area contributed by atoms with Gasteiger partial charge in [0.05, 0.1) is 18.4 Å². The maximum Gasteiger partial charge on any atom is 0.253 e. The molecule has 0 radical (unpaired) electrons. The van der Waals surface area contributed by atoms with E-state index in [2.05, 4.69) is 15.6 Å². The number of anilines is 2. The summed E-state index contributed by atoms with van der Waals surface area (Å²) in [7, 11) is 1.65. The summed E-state index contributed by atoms with van der Waals surface area (Å²) < 4.78 is 5.43. The predicted octanol–water partition coefficient (Wildman–Crippen LogP) is 5.44. The van der Waals surface area contributed by atoms with E-state index in [4.69, 9.17) is 4.74 Å². The SMILES string of the molecule is COc1ccccc1Nc1ncc(C(=O)NC2CCCCCC2)c2ccccc12. The number of benzene rings is 2. The van der Waals surface area contributed by atoms with E-state index in [0.29, 0.717) is 11.4 Å². The Kier molecular flexibility index (Phi) is 5.94. The zero-order valence-corrected chi connectivity index (χ0v) is 16.8. The highest BCUT2D eigenvalue weighted by Crippen LogP contribution is 2.31. The molecular weight excluding hydrogens is 362 g/mol. The number of hydrogen-bond donors (Lipinski definition) is 2. The first-order valence-electron chi connectivity index (χ1n) is 10.3. The lowest BCUT2D eigenvalue weighted by atomic mass is 10.0. The zero-order valence-electron chi connectivity index (χ0n) is 16.8. The third kappa shape index (κ3) is 4.34. The van der Waals surface area contributed by atoms with Crippen molar-refractivity contribution in [3.05, 3.63) is 60.3 Å². The first-order chi connectivity index (χ1) is 14.3. The van der Waals surface area contributed by atoms with Crippen LogP contribution < -0.4 is 15.4 Å². The molecule has 0 atom stereocenters. The minimum Gasteiger partial charge on any atom is -0.495 e. The van der Waals surface area contributed by atoms with E-state index in [0.717, 1.165) is 35.1 Å². The Hall–Kier alpha value is -3.08. The van der Waals surface area contributed by atoms with Gasteiger partial charge in [0, 0.05) is 17.6 Å². The number of nitrogens with zero attached hydrogens (tertiary/aromatic N) is 1. The number of hydrogen-bond acceptors (Lipinski definition) is 4. The molecule has 1 aliphatic carbocycles. The summed E-state index contributed by atoms with van der Waals surface area (Å²) in [5.41, 5.74) is 1.46. The molecule has 1 fully saturated rings. The Balaban J connectivity index is 1.64. The van der Waals surface area contributed by atoms with E-state index in [1.807, 2.05) is 48.5 Å². The maximum atomic E-state index is 13.0. The number of pyridine rings is 1. The van der Waals surface area contributed by atoms with E-state index < -0.39 is 0 Å². The second-order valence-electron chi connectivity index (χ2n) is 7.55. The summed E-state index contributed by atoms with van der Waals surface area (Å²) in [6, 6.07) is 15.9. The number of amides is 1. The Morgan fingerprint density at radius 3 is 2.41 bits per heavy atom. The lowest BCUT2D eigenvalue weighted by molar-refractivity contribution is 0.0934. The summed E-state index contributed by atoms with van der Waals surface area (Å²) in [6.07, 6.45) is 8.69. The van der Waals surface area contributed by atoms with Gasteiger partial charge in [-0.05, 0) is 30.4 Å². The summed E-state index contributed by atoms with van der Waals surface area (Å²) >= 11 is 0. The molecule has 0 unspecified atom stereocenters. The number of aromatic nitrogens is 1. The van der Waals surface area contributed by atoms with Crippen LogP contribution in [0.1, 0.15) is 48.9 Å². The van der Waals surface area contributed by atoms with Crippen molar-refractivity contribution in [1.82, 2.24) is 10.3 Å². The number of para-hydroxylation sites is 2. The van der Waals surface area contributed by atoms with E-state index in [9.17, 15) is 4.79 Å². The first kappa shape index (κ1) is 19.2. The quantitative estimate of drug-likeness (QED) is 0.570. The molecule has 1 aromatic heterocycles. The lowest BCUT2D eigenvalue weighted by Crippen LogP contribution is -2.34. The van der Waals surface area contributed by atoms with Gasteiger partial charge in [-0.1, -0.05) is 62.1 Å². The van der Waals surface area contributed by atoms with Gasteiger partial charge in [0.25, 0.3) is 5.91 Å². The van der Waals surface area contributed by atoms with Crippen LogP contribution in [0.25, 0.3) is 10.8 Å². The van der Waals surface area contributed by atoms with Crippen LogP contribution in [-0.4, -0.2) is 24.0 Å². The molecule has 150 valence electrons. The minimum absolute atomic E-state index is 0.0376. The van der Waals surface area contributed by atoms with Crippen LogP contribution in [0.15, 0.2) is 54.7 Å². The van der Waals surface area contributed by atoms with Gasteiger partial charge in [-0.15, -0.1) is 0 Å². The molecule has 5 nitrogen and oxygen atoms in total. The van der Waals surface area contributed by atoms with Crippen molar-refractivity contribution in [2.24, 2.45) is 0 Å². The number of methoxy groups -OCH3 is 1. The molecule has 0 bridgehead atoms. The molecule has 1 saturated carbocycles. The Morgan fingerprint density at radius 1 is 0.966 bits per heavy atom. The van der Waals surface area contributed by atoms with Gasteiger partial charge < -0.3 is 15.4 Å². The number of nitrogens with one attached hydrogen (secondary N) is 2. The van der Waals surface area contributed by atoms with Crippen LogP contribution in [0.3, 0.4) is 0 Å². The van der Waals surface area contributed by atoms with Crippen molar-refractivity contribution in [3.8, 4) is 5.75 Å². The highest BCUT2D eigenvalue weighted by Gasteiger charge is 2.19.